The average Bonchev–Trinajstić information content (AvgIpc) is 2.18. The van der Waals surface area contributed by atoms with E-state index in [1.165, 1.54) is 0 Å². The van der Waals surface area contributed by atoms with E-state index in [0.29, 0.717) is 21.7 Å². The van der Waals surface area contributed by atoms with Crippen molar-refractivity contribution in [1.82, 2.24) is 0 Å². The van der Waals surface area contributed by atoms with Gasteiger partial charge in [0, 0.05) is 6.54 Å². The van der Waals surface area contributed by atoms with Crippen molar-refractivity contribution in [2.45, 2.75) is 18.9 Å². The van der Waals surface area contributed by atoms with E-state index in [1.807, 2.05) is 0 Å². The maximum absolute atomic E-state index is 9.16. The zero-order valence-corrected chi connectivity index (χ0v) is 10.2. The second-order valence-corrected chi connectivity index (χ2v) is 5.04. The molecule has 0 atom stereocenters. The monoisotopic (exact) mass is 260 g/mol. The molecule has 0 amide bonds. The maximum atomic E-state index is 9.16. The predicted octanol–water partition coefficient (Wildman–Crippen LogP) is 2.76. The molecular formula is C11H14Cl2N2O. The first kappa shape index (κ1) is 11.8. The minimum absolute atomic E-state index is 0.127. The molecule has 1 aromatic rings. The molecule has 0 aromatic heterocycles. The van der Waals surface area contributed by atoms with Crippen LogP contribution in [0.4, 0.5) is 11.4 Å². The molecule has 16 heavy (non-hydrogen) atoms. The molecule has 4 N–H and O–H groups in total. The fraction of sp³-hybridized carbons (Fsp3) is 0.455. The van der Waals surface area contributed by atoms with E-state index < -0.39 is 0 Å². The van der Waals surface area contributed by atoms with Crippen molar-refractivity contribution >= 4 is 34.6 Å². The van der Waals surface area contributed by atoms with Crippen LogP contribution in [0.2, 0.25) is 10.0 Å². The summed E-state index contributed by atoms with van der Waals surface area (Å²) in [6.07, 6.45) is 1.58. The summed E-state index contributed by atoms with van der Waals surface area (Å²) < 4.78 is 0. The summed E-state index contributed by atoms with van der Waals surface area (Å²) in [5.41, 5.74) is 7.20. The van der Waals surface area contributed by atoms with Gasteiger partial charge >= 0.3 is 0 Å². The van der Waals surface area contributed by atoms with Crippen LogP contribution in [-0.4, -0.2) is 17.8 Å². The predicted molar refractivity (Wildman–Crippen MR) is 68.1 cm³/mol. The molecule has 1 fully saturated rings. The van der Waals surface area contributed by atoms with Gasteiger partial charge in [-0.1, -0.05) is 23.2 Å². The smallest absolute Gasteiger partial charge is 0.0614 e. The highest BCUT2D eigenvalue weighted by Crippen LogP contribution is 2.32. The number of nitrogens with one attached hydrogen (secondary N) is 1. The molecule has 1 aliphatic rings. The fourth-order valence-electron chi connectivity index (χ4n) is 1.84. The van der Waals surface area contributed by atoms with E-state index in [-0.39, 0.29) is 6.10 Å². The average molecular weight is 261 g/mol. The molecule has 0 unspecified atom stereocenters. The summed E-state index contributed by atoms with van der Waals surface area (Å²) in [6, 6.07) is 3.37. The Morgan fingerprint density at radius 2 is 1.94 bits per heavy atom. The molecule has 0 radical (unpaired) electrons. The van der Waals surface area contributed by atoms with Gasteiger partial charge in [-0.05, 0) is 30.9 Å². The van der Waals surface area contributed by atoms with Crippen molar-refractivity contribution in [3.05, 3.63) is 22.2 Å². The van der Waals surface area contributed by atoms with Gasteiger partial charge in [-0.25, -0.2) is 0 Å². The molecule has 0 spiro atoms. The normalized spacial score (nSPS) is 23.9. The molecule has 1 aromatic carbocycles. The summed E-state index contributed by atoms with van der Waals surface area (Å²) in [7, 11) is 0. The molecule has 0 bridgehead atoms. The van der Waals surface area contributed by atoms with Crippen LogP contribution in [0.1, 0.15) is 12.8 Å². The molecule has 0 aliphatic heterocycles. The first-order valence-corrected chi connectivity index (χ1v) is 5.98. The third kappa shape index (κ3) is 2.54. The Hall–Kier alpha value is -0.640. The summed E-state index contributed by atoms with van der Waals surface area (Å²) in [5, 5.41) is 13.3. The molecule has 2 rings (SSSR count). The number of anilines is 2. The lowest BCUT2D eigenvalue weighted by atomic mass is 9.82. The number of aliphatic hydroxyl groups is 1. The molecule has 1 saturated carbocycles. The summed E-state index contributed by atoms with van der Waals surface area (Å²) in [6.45, 7) is 0.805. The molecule has 0 heterocycles. The third-order valence-electron chi connectivity index (χ3n) is 2.88. The number of nitrogen functional groups attached to an aromatic ring is 1. The van der Waals surface area contributed by atoms with Crippen molar-refractivity contribution in [2.75, 3.05) is 17.6 Å². The Morgan fingerprint density at radius 1 is 1.31 bits per heavy atom. The van der Waals surface area contributed by atoms with Gasteiger partial charge in [-0.15, -0.1) is 0 Å². The number of rotatable bonds is 3. The van der Waals surface area contributed by atoms with Crippen molar-refractivity contribution in [2.24, 2.45) is 5.92 Å². The quantitative estimate of drug-likeness (QED) is 0.733. The van der Waals surface area contributed by atoms with Crippen LogP contribution in [0.5, 0.6) is 0 Å². The van der Waals surface area contributed by atoms with Crippen LogP contribution in [-0.2, 0) is 0 Å². The number of hydrogen-bond acceptors (Lipinski definition) is 3. The lowest BCUT2D eigenvalue weighted by Gasteiger charge is -2.31. The zero-order valence-electron chi connectivity index (χ0n) is 8.71. The largest absolute Gasteiger partial charge is 0.397 e. The fourth-order valence-corrected chi connectivity index (χ4v) is 2.17. The second kappa shape index (κ2) is 4.70. The lowest BCUT2D eigenvalue weighted by molar-refractivity contribution is 0.0487. The van der Waals surface area contributed by atoms with Crippen molar-refractivity contribution in [3.63, 3.8) is 0 Å². The van der Waals surface area contributed by atoms with Crippen LogP contribution in [0.25, 0.3) is 0 Å². The van der Waals surface area contributed by atoms with Gasteiger partial charge in [0.2, 0.25) is 0 Å². The lowest BCUT2D eigenvalue weighted by Crippen LogP contribution is -2.33. The molecular weight excluding hydrogens is 247 g/mol. The number of halogens is 2. The van der Waals surface area contributed by atoms with Crippen LogP contribution >= 0.6 is 23.2 Å². The van der Waals surface area contributed by atoms with Gasteiger partial charge < -0.3 is 16.2 Å². The zero-order chi connectivity index (χ0) is 11.7. The first-order valence-electron chi connectivity index (χ1n) is 5.22. The van der Waals surface area contributed by atoms with Crippen LogP contribution in [0.15, 0.2) is 12.1 Å². The number of nitrogens with two attached hydrogens (primary N) is 1. The summed E-state index contributed by atoms with van der Waals surface area (Å²) in [4.78, 5) is 0. The van der Waals surface area contributed by atoms with E-state index in [2.05, 4.69) is 5.32 Å². The Morgan fingerprint density at radius 3 is 2.56 bits per heavy atom. The Bertz CT molecular complexity index is 392. The SMILES string of the molecule is Nc1cc(Cl)c(Cl)cc1NCC1CC(O)C1. The summed E-state index contributed by atoms with van der Waals surface area (Å²) in [5.74, 6) is 0.517. The molecule has 88 valence electrons. The van der Waals surface area contributed by atoms with Gasteiger partial charge in [0.15, 0.2) is 0 Å². The van der Waals surface area contributed by atoms with Gasteiger partial charge in [0.25, 0.3) is 0 Å². The van der Waals surface area contributed by atoms with Crippen molar-refractivity contribution in [3.8, 4) is 0 Å². The van der Waals surface area contributed by atoms with E-state index in [1.54, 1.807) is 12.1 Å². The standard InChI is InChI=1S/C11H14Cl2N2O/c12-8-3-10(14)11(4-9(8)13)15-5-6-1-7(16)2-6/h3-4,6-7,15-16H,1-2,5,14H2. The number of benzene rings is 1. The molecule has 3 nitrogen and oxygen atoms in total. The van der Waals surface area contributed by atoms with Crippen LogP contribution < -0.4 is 11.1 Å². The topological polar surface area (TPSA) is 58.3 Å². The highest BCUT2D eigenvalue weighted by Gasteiger charge is 2.26. The van der Waals surface area contributed by atoms with E-state index >= 15 is 0 Å². The minimum Gasteiger partial charge on any atom is -0.397 e. The Kier molecular flexibility index (Phi) is 3.47. The number of aliphatic hydroxyl groups excluding tert-OH is 1. The van der Waals surface area contributed by atoms with Crippen LogP contribution in [0, 0.1) is 5.92 Å². The molecule has 1 aliphatic carbocycles. The van der Waals surface area contributed by atoms with Gasteiger partial charge in [-0.3, -0.25) is 0 Å². The van der Waals surface area contributed by atoms with E-state index in [9.17, 15) is 0 Å². The Labute approximate surface area is 105 Å². The van der Waals surface area contributed by atoms with Crippen molar-refractivity contribution < 1.29 is 5.11 Å². The highest BCUT2D eigenvalue weighted by molar-refractivity contribution is 6.42. The first-order chi connectivity index (χ1) is 7.56. The Balaban J connectivity index is 1.96. The molecule has 5 heteroatoms. The van der Waals surface area contributed by atoms with Gasteiger partial charge in [0.05, 0.1) is 27.5 Å². The summed E-state index contributed by atoms with van der Waals surface area (Å²) >= 11 is 11.7. The number of hydrogen-bond donors (Lipinski definition) is 3. The third-order valence-corrected chi connectivity index (χ3v) is 3.61. The minimum atomic E-state index is -0.127. The second-order valence-electron chi connectivity index (χ2n) is 4.23. The van der Waals surface area contributed by atoms with Crippen LogP contribution in [0.3, 0.4) is 0 Å². The van der Waals surface area contributed by atoms with Crippen molar-refractivity contribution in [1.29, 1.82) is 0 Å². The van der Waals surface area contributed by atoms with Gasteiger partial charge in [-0.2, -0.15) is 0 Å². The maximum Gasteiger partial charge on any atom is 0.0614 e. The van der Waals surface area contributed by atoms with E-state index in [4.69, 9.17) is 34.0 Å². The molecule has 0 saturated heterocycles. The highest BCUT2D eigenvalue weighted by atomic mass is 35.5. The van der Waals surface area contributed by atoms with E-state index in [0.717, 1.165) is 25.1 Å². The van der Waals surface area contributed by atoms with Gasteiger partial charge in [0.1, 0.15) is 0 Å².